The van der Waals surface area contributed by atoms with E-state index in [1.807, 2.05) is 6.07 Å². The fraction of sp³-hybridized carbons (Fsp3) is 0.150. The number of halogens is 1. The zero-order valence-electron chi connectivity index (χ0n) is 14.8. The molecule has 1 aliphatic heterocycles. The number of furan rings is 1. The number of fused-ring (bicyclic) bond motifs is 1. The summed E-state index contributed by atoms with van der Waals surface area (Å²) in [4.78, 5) is 13.7. The SMILES string of the molecule is O=C(c1ccco1)N1CCc2ccc(NS(=O)(=O)c3ccccc3F)cc2C1. The molecule has 1 amide bonds. The average Bonchev–Trinajstić information content (AvgIpc) is 3.21. The maximum absolute atomic E-state index is 13.9. The van der Waals surface area contributed by atoms with Crippen LogP contribution in [0.4, 0.5) is 10.1 Å². The van der Waals surface area contributed by atoms with Crippen molar-refractivity contribution in [2.45, 2.75) is 17.9 Å². The van der Waals surface area contributed by atoms with Crippen LogP contribution in [-0.2, 0) is 23.0 Å². The fourth-order valence-electron chi connectivity index (χ4n) is 3.22. The highest BCUT2D eigenvalue weighted by atomic mass is 32.2. The van der Waals surface area contributed by atoms with Crippen molar-refractivity contribution in [2.75, 3.05) is 11.3 Å². The first-order valence-corrected chi connectivity index (χ1v) is 10.1. The van der Waals surface area contributed by atoms with Gasteiger partial charge in [0.15, 0.2) is 5.76 Å². The van der Waals surface area contributed by atoms with Gasteiger partial charge in [0.2, 0.25) is 0 Å². The number of anilines is 1. The Bertz CT molecular complexity index is 1130. The molecule has 1 aliphatic rings. The second kappa shape index (κ2) is 7.12. The first kappa shape index (κ1) is 18.2. The molecule has 0 unspecified atom stereocenters. The zero-order chi connectivity index (χ0) is 19.7. The number of nitrogens with zero attached hydrogens (tertiary/aromatic N) is 1. The van der Waals surface area contributed by atoms with E-state index >= 15 is 0 Å². The molecule has 0 bridgehead atoms. The summed E-state index contributed by atoms with van der Waals surface area (Å²) >= 11 is 0. The van der Waals surface area contributed by atoms with Gasteiger partial charge in [0.1, 0.15) is 10.7 Å². The monoisotopic (exact) mass is 400 g/mol. The van der Waals surface area contributed by atoms with E-state index in [0.717, 1.165) is 17.2 Å². The topological polar surface area (TPSA) is 79.6 Å². The van der Waals surface area contributed by atoms with Crippen LogP contribution in [0.1, 0.15) is 21.7 Å². The van der Waals surface area contributed by atoms with Crippen LogP contribution in [0, 0.1) is 5.82 Å². The van der Waals surface area contributed by atoms with E-state index in [9.17, 15) is 17.6 Å². The van der Waals surface area contributed by atoms with Gasteiger partial charge in [-0.05, 0) is 53.9 Å². The van der Waals surface area contributed by atoms with Crippen LogP contribution >= 0.6 is 0 Å². The average molecular weight is 400 g/mol. The number of amides is 1. The molecular formula is C20H17FN2O4S. The number of carbonyl (C=O) groups excluding carboxylic acids is 1. The molecule has 0 atom stereocenters. The molecule has 0 aliphatic carbocycles. The van der Waals surface area contributed by atoms with Crippen LogP contribution in [-0.4, -0.2) is 25.8 Å². The van der Waals surface area contributed by atoms with E-state index in [-0.39, 0.29) is 11.7 Å². The van der Waals surface area contributed by atoms with Crippen molar-refractivity contribution >= 4 is 21.6 Å². The van der Waals surface area contributed by atoms with Crippen LogP contribution < -0.4 is 4.72 Å². The Balaban J connectivity index is 1.57. The normalized spacial score (nSPS) is 13.8. The third kappa shape index (κ3) is 3.50. The molecule has 0 saturated heterocycles. The van der Waals surface area contributed by atoms with E-state index in [2.05, 4.69) is 4.72 Å². The molecule has 2 heterocycles. The maximum atomic E-state index is 13.9. The van der Waals surface area contributed by atoms with Crippen molar-refractivity contribution < 1.29 is 22.0 Å². The van der Waals surface area contributed by atoms with Gasteiger partial charge in [-0.15, -0.1) is 0 Å². The number of benzene rings is 2. The highest BCUT2D eigenvalue weighted by Gasteiger charge is 2.24. The number of carbonyl (C=O) groups is 1. The van der Waals surface area contributed by atoms with E-state index in [1.54, 1.807) is 29.2 Å². The lowest BCUT2D eigenvalue weighted by molar-refractivity contribution is 0.0702. The number of hydrogen-bond acceptors (Lipinski definition) is 4. The lowest BCUT2D eigenvalue weighted by atomic mass is 9.99. The lowest BCUT2D eigenvalue weighted by Gasteiger charge is -2.28. The summed E-state index contributed by atoms with van der Waals surface area (Å²) in [7, 11) is -4.06. The maximum Gasteiger partial charge on any atom is 0.289 e. The molecule has 144 valence electrons. The Hall–Kier alpha value is -3.13. The summed E-state index contributed by atoms with van der Waals surface area (Å²) in [6, 6.07) is 13.6. The van der Waals surface area contributed by atoms with Gasteiger partial charge < -0.3 is 9.32 Å². The van der Waals surface area contributed by atoms with Gasteiger partial charge in [-0.25, -0.2) is 12.8 Å². The van der Waals surface area contributed by atoms with Gasteiger partial charge in [-0.1, -0.05) is 18.2 Å². The number of nitrogens with one attached hydrogen (secondary N) is 1. The van der Waals surface area contributed by atoms with Crippen LogP contribution in [0.5, 0.6) is 0 Å². The summed E-state index contributed by atoms with van der Waals surface area (Å²) < 4.78 is 46.4. The summed E-state index contributed by atoms with van der Waals surface area (Å²) in [6.45, 7) is 0.886. The highest BCUT2D eigenvalue weighted by molar-refractivity contribution is 7.92. The summed E-state index contributed by atoms with van der Waals surface area (Å²) in [5.41, 5.74) is 2.19. The fourth-order valence-corrected chi connectivity index (χ4v) is 4.35. The molecule has 1 N–H and O–H groups in total. The summed E-state index contributed by atoms with van der Waals surface area (Å²) in [5, 5.41) is 0. The molecule has 3 aromatic rings. The minimum atomic E-state index is -4.06. The largest absolute Gasteiger partial charge is 0.459 e. The second-order valence-corrected chi connectivity index (χ2v) is 8.12. The Labute approximate surface area is 161 Å². The standard InChI is InChI=1S/C20H17FN2O4S/c21-17-4-1-2-6-19(17)28(25,26)22-16-8-7-14-9-10-23(13-15(14)12-16)20(24)18-5-3-11-27-18/h1-8,11-12,22H,9-10,13H2. The van der Waals surface area contributed by atoms with Crippen molar-refractivity contribution in [2.24, 2.45) is 0 Å². The first-order chi connectivity index (χ1) is 13.4. The summed E-state index contributed by atoms with van der Waals surface area (Å²) in [5.74, 6) is -0.768. The van der Waals surface area contributed by atoms with Crippen LogP contribution in [0.25, 0.3) is 0 Å². The summed E-state index contributed by atoms with van der Waals surface area (Å²) in [6.07, 6.45) is 2.10. The Morgan fingerprint density at radius 2 is 1.89 bits per heavy atom. The molecule has 8 heteroatoms. The molecule has 1 aromatic heterocycles. The van der Waals surface area contributed by atoms with Gasteiger partial charge in [0.05, 0.1) is 6.26 Å². The lowest BCUT2D eigenvalue weighted by Crippen LogP contribution is -2.35. The van der Waals surface area contributed by atoms with Gasteiger partial charge in [-0.3, -0.25) is 9.52 Å². The van der Waals surface area contributed by atoms with Crippen molar-refractivity contribution in [3.8, 4) is 0 Å². The second-order valence-electron chi connectivity index (χ2n) is 6.47. The highest BCUT2D eigenvalue weighted by Crippen LogP contribution is 2.26. The molecule has 0 fully saturated rings. The quantitative estimate of drug-likeness (QED) is 0.728. The predicted octanol–water partition coefficient (Wildman–Crippen LogP) is 3.42. The predicted molar refractivity (Wildman–Crippen MR) is 101 cm³/mol. The van der Waals surface area contributed by atoms with Crippen LogP contribution in [0.15, 0.2) is 70.2 Å². The Kier molecular flexibility index (Phi) is 4.64. The molecule has 0 saturated carbocycles. The molecule has 0 radical (unpaired) electrons. The molecule has 28 heavy (non-hydrogen) atoms. The number of sulfonamides is 1. The smallest absolute Gasteiger partial charge is 0.289 e. The van der Waals surface area contributed by atoms with Crippen molar-refractivity contribution in [3.63, 3.8) is 0 Å². The van der Waals surface area contributed by atoms with Crippen molar-refractivity contribution in [3.05, 3.63) is 83.6 Å². The minimum absolute atomic E-state index is 0.215. The zero-order valence-corrected chi connectivity index (χ0v) is 15.6. The van der Waals surface area contributed by atoms with Gasteiger partial charge in [0, 0.05) is 18.8 Å². The number of rotatable bonds is 4. The first-order valence-electron chi connectivity index (χ1n) is 8.66. The van der Waals surface area contributed by atoms with Gasteiger partial charge >= 0.3 is 0 Å². The van der Waals surface area contributed by atoms with E-state index < -0.39 is 20.7 Å². The van der Waals surface area contributed by atoms with Crippen molar-refractivity contribution in [1.29, 1.82) is 0 Å². The van der Waals surface area contributed by atoms with Gasteiger partial charge in [-0.2, -0.15) is 0 Å². The van der Waals surface area contributed by atoms with Crippen molar-refractivity contribution in [1.82, 2.24) is 4.90 Å². The Morgan fingerprint density at radius 1 is 1.07 bits per heavy atom. The van der Waals surface area contributed by atoms with Crippen LogP contribution in [0.2, 0.25) is 0 Å². The molecular weight excluding hydrogens is 383 g/mol. The Morgan fingerprint density at radius 3 is 2.64 bits per heavy atom. The van der Waals surface area contributed by atoms with Crippen LogP contribution in [0.3, 0.4) is 0 Å². The third-order valence-electron chi connectivity index (χ3n) is 4.62. The third-order valence-corrected chi connectivity index (χ3v) is 6.03. The van der Waals surface area contributed by atoms with Gasteiger partial charge in [0.25, 0.3) is 15.9 Å². The minimum Gasteiger partial charge on any atom is -0.459 e. The molecule has 6 nitrogen and oxygen atoms in total. The number of hydrogen-bond donors (Lipinski definition) is 1. The van der Waals surface area contributed by atoms with E-state index in [0.29, 0.717) is 25.2 Å². The molecule has 4 rings (SSSR count). The molecule has 0 spiro atoms. The van der Waals surface area contributed by atoms with E-state index in [1.165, 1.54) is 24.5 Å². The van der Waals surface area contributed by atoms with E-state index in [4.69, 9.17) is 4.42 Å². The molecule has 2 aromatic carbocycles.